The third kappa shape index (κ3) is 18.2. The molecule has 1 rings (SSSR count). The molecule has 4 nitrogen and oxygen atoms in total. The lowest BCUT2D eigenvalue weighted by atomic mass is 10.1. The number of amides is 2. The number of rotatable bonds is 21. The van der Waals surface area contributed by atoms with Gasteiger partial charge in [-0.3, -0.25) is 0 Å². The van der Waals surface area contributed by atoms with Crippen LogP contribution >= 0.6 is 11.8 Å². The van der Waals surface area contributed by atoms with Gasteiger partial charge in [-0.05, 0) is 49.3 Å². The van der Waals surface area contributed by atoms with Crippen molar-refractivity contribution in [1.82, 2.24) is 10.6 Å². The van der Waals surface area contributed by atoms with Crippen molar-refractivity contribution in [1.29, 1.82) is 0 Å². The summed E-state index contributed by atoms with van der Waals surface area (Å²) in [4.78, 5) is 13.0. The Hall–Kier alpha value is -1.36. The number of phenolic OH excluding ortho intramolecular Hbond substituents is 1. The summed E-state index contributed by atoms with van der Waals surface area (Å²) < 4.78 is 0. The third-order valence-corrected chi connectivity index (χ3v) is 6.88. The number of hydrogen-bond acceptors (Lipinski definition) is 3. The molecule has 0 saturated carbocycles. The van der Waals surface area contributed by atoms with Crippen molar-refractivity contribution >= 4 is 17.8 Å². The summed E-state index contributed by atoms with van der Waals surface area (Å²) >= 11 is 1.87. The number of carbonyl (C=O) groups is 1. The minimum Gasteiger partial charge on any atom is -0.508 e. The molecule has 0 spiro atoms. The maximum atomic E-state index is 11.8. The molecular weight excluding hydrogens is 416 g/mol. The Morgan fingerprint density at radius 2 is 1.12 bits per heavy atom. The lowest BCUT2D eigenvalue weighted by Crippen LogP contribution is -2.36. The minimum absolute atomic E-state index is 0.00174. The Labute approximate surface area is 201 Å². The molecule has 0 aliphatic heterocycles. The predicted octanol–water partition coefficient (Wildman–Crippen LogP) is 8.05. The number of thioether (sulfide) groups is 1. The number of nitrogens with one attached hydrogen (secondary N) is 2. The quantitative estimate of drug-likeness (QED) is 0.127. The molecule has 184 valence electrons. The molecule has 2 amide bonds. The molecule has 1 aromatic carbocycles. The first-order chi connectivity index (χ1) is 15.7. The van der Waals surface area contributed by atoms with Crippen LogP contribution in [0.2, 0.25) is 0 Å². The standard InChI is InChI=1S/C27H48N2O2S/c1-2-3-4-5-6-9-12-15-22-28-27(31)29-23-16-13-10-7-8-11-14-17-24-32-26-20-18-25(30)19-21-26/h18-21,30H,2-17,22-24H2,1H3,(H2,28,29,31). The molecule has 0 radical (unpaired) electrons. The zero-order valence-electron chi connectivity index (χ0n) is 20.5. The van der Waals surface area contributed by atoms with E-state index in [2.05, 4.69) is 17.6 Å². The smallest absolute Gasteiger partial charge is 0.314 e. The van der Waals surface area contributed by atoms with Crippen LogP contribution in [0.3, 0.4) is 0 Å². The lowest BCUT2D eigenvalue weighted by molar-refractivity contribution is 0.240. The first kappa shape index (κ1) is 28.7. The van der Waals surface area contributed by atoms with Gasteiger partial charge >= 0.3 is 6.03 Å². The van der Waals surface area contributed by atoms with Crippen LogP contribution in [0.25, 0.3) is 0 Å². The molecule has 0 unspecified atom stereocenters. The van der Waals surface area contributed by atoms with Gasteiger partial charge in [0.1, 0.15) is 5.75 Å². The lowest BCUT2D eigenvalue weighted by Gasteiger charge is -2.08. The number of phenols is 1. The Morgan fingerprint density at radius 3 is 1.62 bits per heavy atom. The van der Waals surface area contributed by atoms with Gasteiger partial charge in [0, 0.05) is 18.0 Å². The first-order valence-corrected chi connectivity index (χ1v) is 14.1. The Balaban J connectivity index is 1.75. The van der Waals surface area contributed by atoms with E-state index in [1.54, 1.807) is 12.1 Å². The zero-order valence-corrected chi connectivity index (χ0v) is 21.3. The number of benzene rings is 1. The molecule has 0 aromatic heterocycles. The van der Waals surface area contributed by atoms with Crippen LogP contribution in [0.1, 0.15) is 110 Å². The van der Waals surface area contributed by atoms with Crippen LogP contribution in [0, 0.1) is 0 Å². The summed E-state index contributed by atoms with van der Waals surface area (Å²) in [6.07, 6.45) is 20.4. The van der Waals surface area contributed by atoms with Gasteiger partial charge in [-0.1, -0.05) is 90.4 Å². The van der Waals surface area contributed by atoms with Gasteiger partial charge in [0.25, 0.3) is 0 Å². The Kier molecular flexibility index (Phi) is 19.2. The fourth-order valence-corrected chi connectivity index (χ4v) is 4.66. The highest BCUT2D eigenvalue weighted by molar-refractivity contribution is 7.99. The average molecular weight is 465 g/mol. The fourth-order valence-electron chi connectivity index (χ4n) is 3.75. The number of carbonyl (C=O) groups excluding carboxylic acids is 1. The molecular formula is C27H48N2O2S. The van der Waals surface area contributed by atoms with Crippen LogP contribution in [0.5, 0.6) is 5.75 Å². The normalized spacial score (nSPS) is 10.9. The van der Waals surface area contributed by atoms with Crippen LogP contribution in [0.4, 0.5) is 4.79 Å². The number of urea groups is 1. The summed E-state index contributed by atoms with van der Waals surface area (Å²) in [5, 5.41) is 15.3. The summed E-state index contributed by atoms with van der Waals surface area (Å²) in [5.74, 6) is 1.49. The van der Waals surface area contributed by atoms with Gasteiger partial charge in [0.15, 0.2) is 0 Å². The molecule has 0 heterocycles. The summed E-state index contributed by atoms with van der Waals surface area (Å²) in [7, 11) is 0. The van der Waals surface area contributed by atoms with E-state index in [0.29, 0.717) is 5.75 Å². The van der Waals surface area contributed by atoms with Gasteiger partial charge in [-0.25, -0.2) is 4.79 Å². The Morgan fingerprint density at radius 1 is 0.688 bits per heavy atom. The number of aromatic hydroxyl groups is 1. The van der Waals surface area contributed by atoms with Crippen LogP contribution < -0.4 is 10.6 Å². The molecule has 1 aromatic rings. The first-order valence-electron chi connectivity index (χ1n) is 13.2. The highest BCUT2D eigenvalue weighted by Crippen LogP contribution is 2.22. The molecule has 32 heavy (non-hydrogen) atoms. The highest BCUT2D eigenvalue weighted by atomic mass is 32.2. The van der Waals surface area contributed by atoms with E-state index in [1.807, 2.05) is 23.9 Å². The van der Waals surface area contributed by atoms with E-state index in [1.165, 1.54) is 94.8 Å². The summed E-state index contributed by atoms with van der Waals surface area (Å²) in [6, 6.07) is 7.47. The molecule has 0 fully saturated rings. The minimum atomic E-state index is -0.00174. The van der Waals surface area contributed by atoms with E-state index in [4.69, 9.17) is 0 Å². The van der Waals surface area contributed by atoms with Crippen molar-refractivity contribution in [2.75, 3.05) is 18.8 Å². The average Bonchev–Trinajstić information content (AvgIpc) is 2.80. The molecule has 0 bridgehead atoms. The predicted molar refractivity (Wildman–Crippen MR) is 140 cm³/mol. The van der Waals surface area contributed by atoms with Crippen LogP contribution in [-0.2, 0) is 0 Å². The van der Waals surface area contributed by atoms with Gasteiger partial charge in [0.2, 0.25) is 0 Å². The van der Waals surface area contributed by atoms with Gasteiger partial charge in [0.05, 0.1) is 0 Å². The van der Waals surface area contributed by atoms with Gasteiger partial charge in [-0.2, -0.15) is 0 Å². The number of unbranched alkanes of at least 4 members (excludes halogenated alkanes) is 14. The number of hydrogen-bond donors (Lipinski definition) is 3. The fraction of sp³-hybridized carbons (Fsp3) is 0.741. The maximum Gasteiger partial charge on any atom is 0.314 e. The monoisotopic (exact) mass is 464 g/mol. The van der Waals surface area contributed by atoms with Crippen LogP contribution in [-0.4, -0.2) is 30.0 Å². The zero-order chi connectivity index (χ0) is 23.1. The van der Waals surface area contributed by atoms with Crippen molar-refractivity contribution in [2.45, 2.75) is 115 Å². The molecule has 0 aliphatic carbocycles. The van der Waals surface area contributed by atoms with Crippen molar-refractivity contribution in [3.8, 4) is 5.75 Å². The summed E-state index contributed by atoms with van der Waals surface area (Å²) in [5.41, 5.74) is 0. The van der Waals surface area contributed by atoms with Crippen LogP contribution in [0.15, 0.2) is 29.2 Å². The SMILES string of the molecule is CCCCCCCCCCNC(=O)NCCCCCCCCCCSc1ccc(O)cc1. The summed E-state index contributed by atoms with van der Waals surface area (Å²) in [6.45, 7) is 3.84. The third-order valence-electron chi connectivity index (χ3n) is 5.78. The molecule has 0 aliphatic rings. The second-order valence-electron chi connectivity index (χ2n) is 8.83. The molecule has 0 atom stereocenters. The van der Waals surface area contributed by atoms with Gasteiger partial charge in [-0.15, -0.1) is 11.8 Å². The van der Waals surface area contributed by atoms with E-state index >= 15 is 0 Å². The topological polar surface area (TPSA) is 61.4 Å². The van der Waals surface area contributed by atoms with Crippen molar-refractivity contribution in [3.63, 3.8) is 0 Å². The van der Waals surface area contributed by atoms with E-state index < -0.39 is 0 Å². The van der Waals surface area contributed by atoms with Crippen molar-refractivity contribution in [2.24, 2.45) is 0 Å². The largest absolute Gasteiger partial charge is 0.508 e. The highest BCUT2D eigenvalue weighted by Gasteiger charge is 1.99. The van der Waals surface area contributed by atoms with E-state index in [-0.39, 0.29) is 6.03 Å². The molecule has 5 heteroatoms. The van der Waals surface area contributed by atoms with Crippen molar-refractivity contribution in [3.05, 3.63) is 24.3 Å². The second-order valence-corrected chi connectivity index (χ2v) is 10.00. The van der Waals surface area contributed by atoms with Crippen molar-refractivity contribution < 1.29 is 9.90 Å². The second kappa shape index (κ2) is 21.5. The van der Waals surface area contributed by atoms with Gasteiger partial charge < -0.3 is 15.7 Å². The molecule has 0 saturated heterocycles. The maximum absolute atomic E-state index is 11.8. The molecule has 3 N–H and O–H groups in total. The van der Waals surface area contributed by atoms with E-state index in [0.717, 1.165) is 31.7 Å². The van der Waals surface area contributed by atoms with E-state index in [9.17, 15) is 9.90 Å². The Bertz CT molecular complexity index is 551.